The topological polar surface area (TPSA) is 78.5 Å². The van der Waals surface area contributed by atoms with Gasteiger partial charge in [-0.15, -0.1) is 0 Å². The summed E-state index contributed by atoms with van der Waals surface area (Å²) in [4.78, 5) is 39.8. The highest BCUT2D eigenvalue weighted by atomic mass is 16.2. The largest absolute Gasteiger partial charge is 0.354 e. The average molecular weight is 462 g/mol. The molecule has 0 radical (unpaired) electrons. The van der Waals surface area contributed by atoms with E-state index >= 15 is 0 Å². The fraction of sp³-hybridized carbons (Fsp3) is 0.464. The number of urea groups is 1. The fourth-order valence-corrected chi connectivity index (χ4v) is 5.35. The zero-order valence-corrected chi connectivity index (χ0v) is 20.3. The van der Waals surface area contributed by atoms with Crippen LogP contribution in [0, 0.1) is 11.3 Å². The molecule has 0 atom stereocenters. The number of hydrogen-bond acceptors (Lipinski definition) is 3. The lowest BCUT2D eigenvalue weighted by molar-refractivity contribution is -0.136. The standard InChI is InChI=1S/C28H35N3O3/c1-27(2,3)22-14-16-28(17-15-22)25(33)31(26(34)30-28)19-24(32)29-18-23(20-10-6-4-7-11-20)21-12-8-5-9-13-21/h4-13,22-23H,14-19H2,1-3H3,(H,29,32)(H,30,34). The minimum atomic E-state index is -0.851. The summed E-state index contributed by atoms with van der Waals surface area (Å²) in [6, 6.07) is 19.6. The molecule has 2 fully saturated rings. The molecule has 180 valence electrons. The van der Waals surface area contributed by atoms with E-state index in [-0.39, 0.29) is 29.7 Å². The second-order valence-electron chi connectivity index (χ2n) is 10.7. The van der Waals surface area contributed by atoms with Crippen LogP contribution in [0.4, 0.5) is 4.79 Å². The molecule has 1 aliphatic carbocycles. The molecule has 34 heavy (non-hydrogen) atoms. The molecule has 1 spiro atoms. The van der Waals surface area contributed by atoms with E-state index in [9.17, 15) is 14.4 Å². The van der Waals surface area contributed by atoms with Crippen molar-refractivity contribution < 1.29 is 14.4 Å². The summed E-state index contributed by atoms with van der Waals surface area (Å²) in [7, 11) is 0. The van der Waals surface area contributed by atoms with Crippen LogP contribution in [0.2, 0.25) is 0 Å². The first-order chi connectivity index (χ1) is 16.2. The number of hydrogen-bond donors (Lipinski definition) is 2. The molecule has 2 aliphatic rings. The fourth-order valence-electron chi connectivity index (χ4n) is 5.35. The van der Waals surface area contributed by atoms with Gasteiger partial charge in [0.05, 0.1) is 0 Å². The van der Waals surface area contributed by atoms with Gasteiger partial charge in [0.15, 0.2) is 0 Å². The third kappa shape index (κ3) is 5.01. The molecule has 0 aromatic heterocycles. The summed E-state index contributed by atoms with van der Waals surface area (Å²) in [5.74, 6) is -0.0926. The lowest BCUT2D eigenvalue weighted by Crippen LogP contribution is -2.51. The molecule has 2 N–H and O–H groups in total. The number of rotatable bonds is 6. The van der Waals surface area contributed by atoms with E-state index in [1.807, 2.05) is 60.7 Å². The molecule has 1 saturated heterocycles. The minimum absolute atomic E-state index is 0.0199. The lowest BCUT2D eigenvalue weighted by Gasteiger charge is -2.40. The van der Waals surface area contributed by atoms with Crippen LogP contribution in [0.15, 0.2) is 60.7 Å². The molecule has 0 bridgehead atoms. The van der Waals surface area contributed by atoms with E-state index < -0.39 is 11.6 Å². The first kappa shape index (κ1) is 24.0. The van der Waals surface area contributed by atoms with Crippen molar-refractivity contribution in [3.63, 3.8) is 0 Å². The highest BCUT2D eigenvalue weighted by molar-refractivity contribution is 6.09. The van der Waals surface area contributed by atoms with Gasteiger partial charge in [0.25, 0.3) is 5.91 Å². The van der Waals surface area contributed by atoms with Crippen molar-refractivity contribution in [2.75, 3.05) is 13.1 Å². The maximum atomic E-state index is 13.2. The van der Waals surface area contributed by atoms with Crippen molar-refractivity contribution in [2.24, 2.45) is 11.3 Å². The molecule has 6 nitrogen and oxygen atoms in total. The van der Waals surface area contributed by atoms with Gasteiger partial charge in [0.2, 0.25) is 5.91 Å². The number of carbonyl (C=O) groups is 3. The Hall–Kier alpha value is -3.15. The molecule has 1 saturated carbocycles. The molecule has 2 aromatic carbocycles. The van der Waals surface area contributed by atoms with Crippen molar-refractivity contribution in [3.8, 4) is 0 Å². The average Bonchev–Trinajstić information content (AvgIpc) is 3.04. The molecule has 2 aromatic rings. The number of imide groups is 1. The van der Waals surface area contributed by atoms with Crippen molar-refractivity contribution in [1.29, 1.82) is 0 Å². The van der Waals surface area contributed by atoms with Gasteiger partial charge in [-0.05, 0) is 48.1 Å². The molecule has 4 rings (SSSR count). The summed E-state index contributed by atoms with van der Waals surface area (Å²) in [6.07, 6.45) is 3.04. The second-order valence-corrected chi connectivity index (χ2v) is 10.7. The van der Waals surface area contributed by atoms with Crippen molar-refractivity contribution in [3.05, 3.63) is 71.8 Å². The van der Waals surface area contributed by atoms with Crippen LogP contribution in [0.3, 0.4) is 0 Å². The monoisotopic (exact) mass is 461 g/mol. The molecule has 1 heterocycles. The molecule has 6 heteroatoms. The van der Waals surface area contributed by atoms with Gasteiger partial charge in [-0.2, -0.15) is 0 Å². The van der Waals surface area contributed by atoms with Crippen molar-refractivity contribution in [1.82, 2.24) is 15.5 Å². The number of benzene rings is 2. The summed E-state index contributed by atoms with van der Waals surface area (Å²) in [5, 5.41) is 5.87. The quantitative estimate of drug-likeness (QED) is 0.624. The van der Waals surface area contributed by atoms with Crippen LogP contribution in [-0.4, -0.2) is 41.4 Å². The Balaban J connectivity index is 1.39. The Kier molecular flexibility index (Phi) is 6.78. The Labute approximate surface area is 202 Å². The van der Waals surface area contributed by atoms with Gasteiger partial charge in [-0.1, -0.05) is 81.4 Å². The highest BCUT2D eigenvalue weighted by Gasteiger charge is 2.53. The Morgan fingerprint density at radius 3 is 2.03 bits per heavy atom. The molecule has 0 unspecified atom stereocenters. The predicted molar refractivity (Wildman–Crippen MR) is 132 cm³/mol. The van der Waals surface area contributed by atoms with Crippen molar-refractivity contribution in [2.45, 2.75) is 57.9 Å². The zero-order valence-electron chi connectivity index (χ0n) is 20.3. The van der Waals surface area contributed by atoms with E-state index in [0.717, 1.165) is 28.9 Å². The normalized spacial score (nSPS) is 22.8. The van der Waals surface area contributed by atoms with E-state index in [4.69, 9.17) is 0 Å². The first-order valence-electron chi connectivity index (χ1n) is 12.2. The number of nitrogens with zero attached hydrogens (tertiary/aromatic N) is 1. The minimum Gasteiger partial charge on any atom is -0.354 e. The van der Waals surface area contributed by atoms with Gasteiger partial charge in [0, 0.05) is 12.5 Å². The van der Waals surface area contributed by atoms with Crippen LogP contribution in [0.5, 0.6) is 0 Å². The highest BCUT2D eigenvalue weighted by Crippen LogP contribution is 2.43. The van der Waals surface area contributed by atoms with Gasteiger partial charge >= 0.3 is 6.03 Å². The Morgan fingerprint density at radius 2 is 1.53 bits per heavy atom. The third-order valence-corrected chi connectivity index (χ3v) is 7.52. The summed E-state index contributed by atoms with van der Waals surface area (Å²) in [6.45, 7) is 6.79. The smallest absolute Gasteiger partial charge is 0.325 e. The van der Waals surface area contributed by atoms with Crippen LogP contribution >= 0.6 is 0 Å². The Bertz CT molecular complexity index is 982. The maximum absolute atomic E-state index is 13.2. The van der Waals surface area contributed by atoms with E-state index in [2.05, 4.69) is 31.4 Å². The second kappa shape index (κ2) is 9.61. The van der Waals surface area contributed by atoms with Crippen molar-refractivity contribution >= 4 is 17.8 Å². The zero-order chi connectivity index (χ0) is 24.3. The van der Waals surface area contributed by atoms with Crippen LogP contribution in [0.1, 0.15) is 63.5 Å². The summed E-state index contributed by atoms with van der Waals surface area (Å²) >= 11 is 0. The van der Waals surface area contributed by atoms with Gasteiger partial charge < -0.3 is 10.6 Å². The van der Waals surface area contributed by atoms with Gasteiger partial charge in [-0.25, -0.2) is 4.79 Å². The number of nitrogens with one attached hydrogen (secondary N) is 2. The van der Waals surface area contributed by atoms with Gasteiger partial charge in [-0.3, -0.25) is 14.5 Å². The SMILES string of the molecule is CC(C)(C)C1CCC2(CC1)NC(=O)N(CC(=O)NCC(c1ccccc1)c1ccccc1)C2=O. The molecule has 4 amide bonds. The summed E-state index contributed by atoms with van der Waals surface area (Å²) in [5.41, 5.74) is 1.52. The maximum Gasteiger partial charge on any atom is 0.325 e. The molecule has 1 aliphatic heterocycles. The van der Waals surface area contributed by atoms with E-state index in [0.29, 0.717) is 25.3 Å². The molecular weight excluding hydrogens is 426 g/mol. The lowest BCUT2D eigenvalue weighted by atomic mass is 9.67. The van der Waals surface area contributed by atoms with Crippen LogP contribution < -0.4 is 10.6 Å². The van der Waals surface area contributed by atoms with Crippen LogP contribution in [0.25, 0.3) is 0 Å². The van der Waals surface area contributed by atoms with Crippen LogP contribution in [-0.2, 0) is 9.59 Å². The van der Waals surface area contributed by atoms with Gasteiger partial charge in [0.1, 0.15) is 12.1 Å². The predicted octanol–water partition coefficient (Wildman–Crippen LogP) is 4.46. The van der Waals surface area contributed by atoms with E-state index in [1.165, 1.54) is 0 Å². The first-order valence-corrected chi connectivity index (χ1v) is 12.2. The summed E-state index contributed by atoms with van der Waals surface area (Å²) < 4.78 is 0. The third-order valence-electron chi connectivity index (χ3n) is 7.52. The number of carbonyl (C=O) groups excluding carboxylic acids is 3. The Morgan fingerprint density at radius 1 is 1.00 bits per heavy atom. The number of amides is 4. The molecular formula is C28H35N3O3. The van der Waals surface area contributed by atoms with E-state index in [1.54, 1.807) is 0 Å².